The summed E-state index contributed by atoms with van der Waals surface area (Å²) in [6.07, 6.45) is 3.08. The molecule has 0 radical (unpaired) electrons. The van der Waals surface area contributed by atoms with Gasteiger partial charge in [0, 0.05) is 31.3 Å². The molecule has 1 N–H and O–H groups in total. The molecule has 3 atom stereocenters. The fourth-order valence-corrected chi connectivity index (χ4v) is 3.36. The number of carbonyl (C=O) groups is 1. The number of piperidine rings is 1. The predicted octanol–water partition coefficient (Wildman–Crippen LogP) is 2.79. The maximum Gasteiger partial charge on any atom is 0.410 e. The Hall–Kier alpha value is -0.810. The minimum Gasteiger partial charge on any atom is -0.444 e. The number of nitrogens with zero attached hydrogens (tertiary/aromatic N) is 1. The zero-order valence-electron chi connectivity index (χ0n) is 14.8. The van der Waals surface area contributed by atoms with E-state index in [1.807, 2.05) is 25.7 Å². The molecule has 1 amide bonds. The number of hydrogen-bond donors (Lipinski definition) is 1. The fraction of sp³-hybridized carbons (Fsp3) is 0.941. The molecule has 0 saturated carbocycles. The maximum absolute atomic E-state index is 12.3. The largest absolute Gasteiger partial charge is 0.444 e. The highest BCUT2D eigenvalue weighted by Crippen LogP contribution is 2.25. The van der Waals surface area contributed by atoms with Gasteiger partial charge in [0.15, 0.2) is 0 Å². The third kappa shape index (κ3) is 4.85. The van der Waals surface area contributed by atoms with Gasteiger partial charge in [0.2, 0.25) is 0 Å². The van der Waals surface area contributed by atoms with E-state index in [0.717, 1.165) is 45.6 Å². The van der Waals surface area contributed by atoms with Gasteiger partial charge in [-0.05, 0) is 59.8 Å². The summed E-state index contributed by atoms with van der Waals surface area (Å²) in [6.45, 7) is 13.4. The van der Waals surface area contributed by atoms with Crippen LogP contribution in [-0.4, -0.2) is 54.5 Å². The Morgan fingerprint density at radius 3 is 2.77 bits per heavy atom. The molecule has 2 heterocycles. The second-order valence-electron chi connectivity index (χ2n) is 8.12. The van der Waals surface area contributed by atoms with Crippen LogP contribution >= 0.6 is 0 Å². The number of likely N-dealkylation sites (tertiary alicyclic amines) is 1. The summed E-state index contributed by atoms with van der Waals surface area (Å²) >= 11 is 0. The van der Waals surface area contributed by atoms with Crippen LogP contribution in [0.4, 0.5) is 4.79 Å². The summed E-state index contributed by atoms with van der Waals surface area (Å²) in [6, 6.07) is 0.372. The molecule has 2 saturated heterocycles. The van der Waals surface area contributed by atoms with Crippen LogP contribution in [0.2, 0.25) is 0 Å². The summed E-state index contributed by atoms with van der Waals surface area (Å²) in [5, 5.41) is 3.73. The lowest BCUT2D eigenvalue weighted by molar-refractivity contribution is 0.0140. The van der Waals surface area contributed by atoms with Crippen LogP contribution in [0.5, 0.6) is 0 Å². The van der Waals surface area contributed by atoms with Crippen molar-refractivity contribution < 1.29 is 14.3 Å². The quantitative estimate of drug-likeness (QED) is 0.870. The van der Waals surface area contributed by atoms with E-state index >= 15 is 0 Å². The van der Waals surface area contributed by atoms with Crippen molar-refractivity contribution in [3.63, 3.8) is 0 Å². The second kappa shape index (κ2) is 6.75. The average molecular weight is 312 g/mol. The SMILES string of the molecule is CC(NC1(C)CCOC1)C1CCCN(C(=O)OC(C)(C)C)C1. The van der Waals surface area contributed by atoms with Crippen LogP contribution in [0, 0.1) is 5.92 Å². The van der Waals surface area contributed by atoms with Gasteiger partial charge in [-0.1, -0.05) is 0 Å². The molecule has 0 bridgehead atoms. The molecule has 2 aliphatic heterocycles. The number of rotatable bonds is 3. The van der Waals surface area contributed by atoms with Crippen molar-refractivity contribution in [1.82, 2.24) is 10.2 Å². The number of hydrogen-bond acceptors (Lipinski definition) is 4. The van der Waals surface area contributed by atoms with Crippen LogP contribution in [0.3, 0.4) is 0 Å². The lowest BCUT2D eigenvalue weighted by Gasteiger charge is -2.39. The highest BCUT2D eigenvalue weighted by atomic mass is 16.6. The third-order valence-corrected chi connectivity index (χ3v) is 4.61. The number of carbonyl (C=O) groups excluding carboxylic acids is 1. The van der Waals surface area contributed by atoms with Gasteiger partial charge in [0.1, 0.15) is 5.60 Å². The predicted molar refractivity (Wildman–Crippen MR) is 87.0 cm³/mol. The van der Waals surface area contributed by atoms with E-state index in [2.05, 4.69) is 19.2 Å². The van der Waals surface area contributed by atoms with Gasteiger partial charge < -0.3 is 19.7 Å². The van der Waals surface area contributed by atoms with Gasteiger partial charge in [0.05, 0.1) is 6.61 Å². The summed E-state index contributed by atoms with van der Waals surface area (Å²) in [5.74, 6) is 0.471. The van der Waals surface area contributed by atoms with Crippen molar-refractivity contribution in [2.45, 2.75) is 71.1 Å². The van der Waals surface area contributed by atoms with Crippen molar-refractivity contribution in [2.75, 3.05) is 26.3 Å². The first kappa shape index (κ1) is 17.5. The normalized spacial score (nSPS) is 31.1. The first-order valence-electron chi connectivity index (χ1n) is 8.52. The lowest BCUT2D eigenvalue weighted by atomic mass is 9.89. The molecule has 0 aromatic rings. The van der Waals surface area contributed by atoms with Crippen LogP contribution in [0.15, 0.2) is 0 Å². The molecule has 2 aliphatic rings. The van der Waals surface area contributed by atoms with Crippen LogP contribution in [-0.2, 0) is 9.47 Å². The highest BCUT2D eigenvalue weighted by molar-refractivity contribution is 5.68. The average Bonchev–Trinajstić information content (AvgIpc) is 2.83. The molecule has 2 rings (SSSR count). The molecule has 2 fully saturated rings. The van der Waals surface area contributed by atoms with Crippen molar-refractivity contribution in [3.05, 3.63) is 0 Å². The molecule has 0 spiro atoms. The van der Waals surface area contributed by atoms with Gasteiger partial charge in [-0.15, -0.1) is 0 Å². The maximum atomic E-state index is 12.3. The Bertz CT molecular complexity index is 386. The van der Waals surface area contributed by atoms with Gasteiger partial charge in [-0.2, -0.15) is 0 Å². The zero-order valence-corrected chi connectivity index (χ0v) is 14.8. The van der Waals surface area contributed by atoms with Crippen LogP contribution < -0.4 is 5.32 Å². The van der Waals surface area contributed by atoms with Crippen molar-refractivity contribution in [2.24, 2.45) is 5.92 Å². The fourth-order valence-electron chi connectivity index (χ4n) is 3.36. The standard InChI is InChI=1S/C17H32N2O3/c1-13(18-17(5)8-10-21-12-17)14-7-6-9-19(11-14)15(20)22-16(2,3)4/h13-14,18H,6-12H2,1-5H3. The smallest absolute Gasteiger partial charge is 0.410 e. The minimum absolute atomic E-state index is 0.0770. The van der Waals surface area contributed by atoms with E-state index in [9.17, 15) is 4.79 Å². The van der Waals surface area contributed by atoms with Crippen molar-refractivity contribution >= 4 is 6.09 Å². The van der Waals surface area contributed by atoms with E-state index in [1.54, 1.807) is 0 Å². The Morgan fingerprint density at radius 2 is 2.18 bits per heavy atom. The molecule has 5 heteroatoms. The molecule has 5 nitrogen and oxygen atoms in total. The van der Waals surface area contributed by atoms with E-state index in [4.69, 9.17) is 9.47 Å². The topological polar surface area (TPSA) is 50.8 Å². The molecular formula is C17H32N2O3. The lowest BCUT2D eigenvalue weighted by Crippen LogP contribution is -2.54. The molecule has 0 aromatic heterocycles. The zero-order chi connectivity index (χ0) is 16.4. The molecule has 0 aliphatic carbocycles. The van der Waals surface area contributed by atoms with E-state index in [1.165, 1.54) is 0 Å². The van der Waals surface area contributed by atoms with Gasteiger partial charge in [-0.3, -0.25) is 0 Å². The Labute approximate surface area is 134 Å². The van der Waals surface area contributed by atoms with Crippen molar-refractivity contribution in [1.29, 1.82) is 0 Å². The van der Waals surface area contributed by atoms with Gasteiger partial charge in [-0.25, -0.2) is 4.79 Å². The first-order valence-corrected chi connectivity index (χ1v) is 8.52. The second-order valence-corrected chi connectivity index (χ2v) is 8.12. The Morgan fingerprint density at radius 1 is 1.45 bits per heavy atom. The number of amides is 1. The molecule has 22 heavy (non-hydrogen) atoms. The number of ether oxygens (including phenoxy) is 2. The summed E-state index contributed by atoms with van der Waals surface area (Å²) < 4.78 is 11.0. The molecular weight excluding hydrogens is 280 g/mol. The van der Waals surface area contributed by atoms with Gasteiger partial charge >= 0.3 is 6.09 Å². The molecule has 128 valence electrons. The molecule has 0 aromatic carbocycles. The van der Waals surface area contributed by atoms with Crippen molar-refractivity contribution in [3.8, 4) is 0 Å². The minimum atomic E-state index is -0.428. The first-order chi connectivity index (χ1) is 10.2. The van der Waals surface area contributed by atoms with E-state index in [0.29, 0.717) is 12.0 Å². The Balaban J connectivity index is 1.88. The third-order valence-electron chi connectivity index (χ3n) is 4.61. The summed E-state index contributed by atoms with van der Waals surface area (Å²) in [4.78, 5) is 14.1. The number of nitrogens with one attached hydrogen (secondary N) is 1. The summed E-state index contributed by atoms with van der Waals surface area (Å²) in [5.41, 5.74) is -0.351. The van der Waals surface area contributed by atoms with E-state index < -0.39 is 5.60 Å². The van der Waals surface area contributed by atoms with Crippen LogP contribution in [0.1, 0.15) is 53.9 Å². The summed E-state index contributed by atoms with van der Waals surface area (Å²) in [7, 11) is 0. The van der Waals surface area contributed by atoms with Gasteiger partial charge in [0.25, 0.3) is 0 Å². The van der Waals surface area contributed by atoms with E-state index in [-0.39, 0.29) is 11.6 Å². The Kier molecular flexibility index (Phi) is 5.38. The monoisotopic (exact) mass is 312 g/mol. The van der Waals surface area contributed by atoms with Crippen LogP contribution in [0.25, 0.3) is 0 Å². The highest BCUT2D eigenvalue weighted by Gasteiger charge is 2.35. The molecule has 3 unspecified atom stereocenters.